The lowest BCUT2D eigenvalue weighted by Gasteiger charge is -2.33. The molecule has 0 amide bonds. The largest absolute Gasteiger partial charge is 0.517 e. The summed E-state index contributed by atoms with van der Waals surface area (Å²) in [5.74, 6) is 1.41. The van der Waals surface area contributed by atoms with Crippen molar-refractivity contribution in [1.82, 2.24) is 5.48 Å². The molecule has 0 aromatic carbocycles. The fraction of sp³-hybridized carbons (Fsp3) is 0.957. The zero-order chi connectivity index (χ0) is 21.9. The molecule has 5 nitrogen and oxygen atoms in total. The van der Waals surface area contributed by atoms with Crippen LogP contribution in [0, 0.1) is 5.92 Å². The number of thioether (sulfide) groups is 1. The van der Waals surface area contributed by atoms with Gasteiger partial charge in [0.15, 0.2) is 5.12 Å². The summed E-state index contributed by atoms with van der Waals surface area (Å²) in [6, 6.07) is 0.761. The average Bonchev–Trinajstić information content (AvgIpc) is 2.70. The molecule has 1 N–H and O–H groups in total. The molecule has 1 saturated heterocycles. The van der Waals surface area contributed by atoms with Crippen LogP contribution in [0.25, 0.3) is 0 Å². The molecular formula is C23H47NO4SSi. The van der Waals surface area contributed by atoms with Gasteiger partial charge in [-0.05, 0) is 32.1 Å². The van der Waals surface area contributed by atoms with Crippen LogP contribution in [0.2, 0.25) is 6.04 Å². The van der Waals surface area contributed by atoms with Gasteiger partial charge in [0.2, 0.25) is 0 Å². The van der Waals surface area contributed by atoms with Gasteiger partial charge in [-0.2, -0.15) is 0 Å². The lowest BCUT2D eigenvalue weighted by molar-refractivity contribution is -0.109. The van der Waals surface area contributed by atoms with E-state index in [1.807, 2.05) is 6.92 Å². The molecule has 7 heteroatoms. The van der Waals surface area contributed by atoms with Crippen LogP contribution >= 0.6 is 11.8 Å². The molecule has 0 saturated carbocycles. The number of unbranched alkanes of at least 4 members (excludes halogenated alkanes) is 9. The molecule has 0 bridgehead atoms. The van der Waals surface area contributed by atoms with Crippen molar-refractivity contribution in [1.29, 1.82) is 0 Å². The number of hydrogen-bond acceptors (Lipinski definition) is 6. The van der Waals surface area contributed by atoms with E-state index >= 15 is 0 Å². The zero-order valence-corrected chi connectivity index (χ0v) is 21.7. The molecule has 1 heterocycles. The number of carbonyl (C=O) groups is 1. The molecule has 1 aliphatic heterocycles. The highest BCUT2D eigenvalue weighted by Gasteiger charge is 2.42. The van der Waals surface area contributed by atoms with E-state index in [2.05, 4.69) is 12.4 Å². The lowest BCUT2D eigenvalue weighted by atomic mass is 9.97. The summed E-state index contributed by atoms with van der Waals surface area (Å²) in [5, 5.41) is 0.162. The van der Waals surface area contributed by atoms with E-state index in [9.17, 15) is 4.79 Å². The third-order valence-corrected chi connectivity index (χ3v) is 9.40. The first-order chi connectivity index (χ1) is 14.6. The molecule has 1 rings (SSSR count). The van der Waals surface area contributed by atoms with Crippen molar-refractivity contribution in [2.45, 2.75) is 110 Å². The van der Waals surface area contributed by atoms with Crippen molar-refractivity contribution in [3.8, 4) is 0 Å². The Morgan fingerprint density at radius 1 is 1.03 bits per heavy atom. The van der Waals surface area contributed by atoms with Crippen LogP contribution in [0.4, 0.5) is 0 Å². The fourth-order valence-corrected chi connectivity index (χ4v) is 7.15. The maximum absolute atomic E-state index is 11.1. The van der Waals surface area contributed by atoms with E-state index < -0.39 is 8.80 Å². The van der Waals surface area contributed by atoms with E-state index in [4.69, 9.17) is 13.4 Å². The fourth-order valence-electron chi connectivity index (χ4n) is 3.94. The van der Waals surface area contributed by atoms with Gasteiger partial charge in [0.1, 0.15) is 0 Å². The average molecular weight is 462 g/mol. The summed E-state index contributed by atoms with van der Waals surface area (Å²) in [4.78, 5) is 11.1. The van der Waals surface area contributed by atoms with E-state index in [1.54, 1.807) is 6.92 Å². The van der Waals surface area contributed by atoms with Crippen molar-refractivity contribution in [2.24, 2.45) is 5.92 Å². The second-order valence-electron chi connectivity index (χ2n) is 8.48. The van der Waals surface area contributed by atoms with Crippen LogP contribution in [-0.2, 0) is 18.2 Å². The van der Waals surface area contributed by atoms with E-state index in [0.29, 0.717) is 12.5 Å². The Morgan fingerprint density at radius 2 is 1.70 bits per heavy atom. The van der Waals surface area contributed by atoms with Crippen molar-refractivity contribution in [3.05, 3.63) is 0 Å². The Balaban J connectivity index is 2.15. The van der Waals surface area contributed by atoms with Gasteiger partial charge >= 0.3 is 8.80 Å². The molecule has 30 heavy (non-hydrogen) atoms. The Kier molecular flexibility index (Phi) is 17.5. The molecule has 0 radical (unpaired) electrons. The van der Waals surface area contributed by atoms with Crippen LogP contribution in [0.3, 0.4) is 0 Å². The number of hydroxylamine groups is 1. The molecule has 2 unspecified atom stereocenters. The van der Waals surface area contributed by atoms with Crippen LogP contribution in [0.5, 0.6) is 0 Å². The zero-order valence-electron chi connectivity index (χ0n) is 19.8. The van der Waals surface area contributed by atoms with Gasteiger partial charge in [0.05, 0.1) is 0 Å². The SMILES string of the molecule is CCCCCCCCCCCCC1CCO[Si](CCCSC(C)=O)(OCC)ONC1. The molecule has 0 aromatic heterocycles. The predicted molar refractivity (Wildman–Crippen MR) is 130 cm³/mol. The number of rotatable bonds is 17. The minimum absolute atomic E-state index is 0.162. The number of nitrogens with one attached hydrogen (secondary N) is 1. The highest BCUT2D eigenvalue weighted by atomic mass is 32.2. The standard InChI is InChI=1S/C23H47NO4SSi/c1-4-6-7-8-9-10-11-12-13-14-16-23-17-18-27-30(26-5-2,28-24-21-23)20-15-19-29-22(3)25/h23-24H,4-21H2,1-3H3. The summed E-state index contributed by atoms with van der Waals surface area (Å²) < 4.78 is 18.1. The second kappa shape index (κ2) is 18.6. The van der Waals surface area contributed by atoms with Crippen LogP contribution in [-0.4, -0.2) is 39.4 Å². The molecule has 2 atom stereocenters. The Hall–Kier alpha value is 0.0769. The molecule has 178 valence electrons. The Morgan fingerprint density at radius 3 is 2.33 bits per heavy atom. The molecule has 0 aliphatic carbocycles. The van der Waals surface area contributed by atoms with Crippen LogP contribution in [0.15, 0.2) is 0 Å². The normalized spacial score (nSPS) is 22.6. The molecular weight excluding hydrogens is 414 g/mol. The summed E-state index contributed by atoms with van der Waals surface area (Å²) in [6.07, 6.45) is 17.0. The molecule has 1 fully saturated rings. The van der Waals surface area contributed by atoms with Crippen LogP contribution < -0.4 is 5.48 Å². The van der Waals surface area contributed by atoms with Gasteiger partial charge in [-0.25, -0.2) is 5.48 Å². The number of hydrogen-bond donors (Lipinski definition) is 1. The quantitative estimate of drug-likeness (QED) is 0.197. The van der Waals surface area contributed by atoms with Gasteiger partial charge in [-0.3, -0.25) is 9.32 Å². The van der Waals surface area contributed by atoms with E-state index in [1.165, 1.54) is 82.4 Å². The Bertz CT molecular complexity index is 418. The third-order valence-electron chi connectivity index (χ3n) is 5.71. The number of carbonyl (C=O) groups excluding carboxylic acids is 1. The Labute approximate surface area is 191 Å². The molecule has 0 spiro atoms. The van der Waals surface area contributed by atoms with Crippen molar-refractivity contribution >= 4 is 25.7 Å². The van der Waals surface area contributed by atoms with Gasteiger partial charge in [0.25, 0.3) is 0 Å². The van der Waals surface area contributed by atoms with Gasteiger partial charge in [-0.15, -0.1) is 0 Å². The molecule has 0 aromatic rings. The highest BCUT2D eigenvalue weighted by Crippen LogP contribution is 2.24. The smallest absolute Gasteiger partial charge is 0.373 e. The first kappa shape index (κ1) is 28.1. The van der Waals surface area contributed by atoms with Gasteiger partial charge < -0.3 is 8.85 Å². The summed E-state index contributed by atoms with van der Waals surface area (Å²) >= 11 is 1.36. The van der Waals surface area contributed by atoms with Crippen molar-refractivity contribution in [2.75, 3.05) is 25.5 Å². The maximum Gasteiger partial charge on any atom is 0.517 e. The van der Waals surface area contributed by atoms with Gasteiger partial charge in [-0.1, -0.05) is 82.9 Å². The van der Waals surface area contributed by atoms with E-state index in [-0.39, 0.29) is 5.12 Å². The van der Waals surface area contributed by atoms with Crippen molar-refractivity contribution in [3.63, 3.8) is 0 Å². The topological polar surface area (TPSA) is 56.8 Å². The second-order valence-corrected chi connectivity index (χ2v) is 12.4. The minimum atomic E-state index is -2.67. The van der Waals surface area contributed by atoms with Crippen molar-refractivity contribution < 1.29 is 18.2 Å². The monoisotopic (exact) mass is 461 g/mol. The van der Waals surface area contributed by atoms with Crippen LogP contribution in [0.1, 0.15) is 104 Å². The predicted octanol–water partition coefficient (Wildman–Crippen LogP) is 6.50. The highest BCUT2D eigenvalue weighted by molar-refractivity contribution is 8.13. The first-order valence-corrected chi connectivity index (χ1v) is 15.4. The lowest BCUT2D eigenvalue weighted by Crippen LogP contribution is -2.52. The summed E-state index contributed by atoms with van der Waals surface area (Å²) in [6.45, 7) is 8.06. The summed E-state index contributed by atoms with van der Waals surface area (Å²) in [7, 11) is -2.67. The first-order valence-electron chi connectivity index (χ1n) is 12.4. The molecule has 1 aliphatic rings. The summed E-state index contributed by atoms with van der Waals surface area (Å²) in [5.41, 5.74) is 3.19. The maximum atomic E-state index is 11.1. The minimum Gasteiger partial charge on any atom is -0.373 e. The third kappa shape index (κ3) is 14.2. The van der Waals surface area contributed by atoms with Gasteiger partial charge in [0, 0.05) is 38.5 Å². The van der Waals surface area contributed by atoms with E-state index in [0.717, 1.165) is 37.8 Å².